The van der Waals surface area contributed by atoms with Gasteiger partial charge in [0.1, 0.15) is 0 Å². The van der Waals surface area contributed by atoms with Crippen molar-refractivity contribution in [1.29, 1.82) is 0 Å². The summed E-state index contributed by atoms with van der Waals surface area (Å²) in [4.78, 5) is 13.8. The fourth-order valence-corrected chi connectivity index (χ4v) is 2.58. The van der Waals surface area contributed by atoms with Crippen LogP contribution in [0.15, 0.2) is 24.3 Å². The highest BCUT2D eigenvalue weighted by Gasteiger charge is 2.32. The molecule has 1 aliphatic heterocycles. The summed E-state index contributed by atoms with van der Waals surface area (Å²) in [6.07, 6.45) is 1.39. The molecule has 2 rings (SSSR count). The average Bonchev–Trinajstić information content (AvgIpc) is 2.41. The van der Waals surface area contributed by atoms with Gasteiger partial charge in [-0.3, -0.25) is 4.79 Å². The maximum Gasteiger partial charge on any atom is 0.226 e. The van der Waals surface area contributed by atoms with Crippen LogP contribution in [-0.4, -0.2) is 48.3 Å². The summed E-state index contributed by atoms with van der Waals surface area (Å²) >= 11 is 6.06. The number of ether oxygens (including phenoxy) is 1. The number of hydrogen-bond acceptors (Lipinski definition) is 3. The van der Waals surface area contributed by atoms with Gasteiger partial charge in [-0.15, -0.1) is 0 Å². The monoisotopic (exact) mass is 297 g/mol. The van der Waals surface area contributed by atoms with E-state index in [9.17, 15) is 9.90 Å². The summed E-state index contributed by atoms with van der Waals surface area (Å²) in [5, 5.41) is 11.0. The first-order valence-corrected chi connectivity index (χ1v) is 7.15. The first-order chi connectivity index (χ1) is 9.50. The highest BCUT2D eigenvalue weighted by atomic mass is 35.5. The van der Waals surface area contributed by atoms with Crippen LogP contribution >= 0.6 is 11.6 Å². The van der Waals surface area contributed by atoms with E-state index < -0.39 is 5.60 Å². The third-order valence-electron chi connectivity index (χ3n) is 3.68. The molecule has 0 unspecified atom stereocenters. The molecular weight excluding hydrogens is 278 g/mol. The van der Waals surface area contributed by atoms with Gasteiger partial charge in [0.05, 0.1) is 12.0 Å². The lowest BCUT2D eigenvalue weighted by molar-refractivity contribution is -0.136. The van der Waals surface area contributed by atoms with Crippen molar-refractivity contribution in [3.8, 4) is 0 Å². The number of likely N-dealkylation sites (N-methyl/N-ethyl adjacent to an activating group) is 1. The zero-order valence-corrected chi connectivity index (χ0v) is 12.4. The van der Waals surface area contributed by atoms with Crippen molar-refractivity contribution in [3.63, 3.8) is 0 Å². The Balaban J connectivity index is 1.93. The van der Waals surface area contributed by atoms with Crippen molar-refractivity contribution in [2.75, 3.05) is 26.8 Å². The van der Waals surface area contributed by atoms with Gasteiger partial charge in [0.15, 0.2) is 0 Å². The third kappa shape index (κ3) is 3.95. The van der Waals surface area contributed by atoms with Crippen molar-refractivity contribution in [2.24, 2.45) is 0 Å². The minimum Gasteiger partial charge on any atom is -0.388 e. The second-order valence-electron chi connectivity index (χ2n) is 5.35. The fraction of sp³-hybridized carbons (Fsp3) is 0.533. The lowest BCUT2D eigenvalue weighted by atomic mass is 9.94. The molecular formula is C15H20ClNO3. The van der Waals surface area contributed by atoms with E-state index in [0.29, 0.717) is 37.6 Å². The molecule has 1 aliphatic rings. The third-order valence-corrected chi connectivity index (χ3v) is 4.05. The van der Waals surface area contributed by atoms with Gasteiger partial charge in [0.2, 0.25) is 5.91 Å². The zero-order chi connectivity index (χ0) is 14.6. The van der Waals surface area contributed by atoms with Crippen molar-refractivity contribution in [3.05, 3.63) is 34.9 Å². The molecule has 1 N–H and O–H groups in total. The summed E-state index contributed by atoms with van der Waals surface area (Å²) in [7, 11) is 1.71. The molecule has 0 aliphatic carbocycles. The van der Waals surface area contributed by atoms with Crippen LogP contribution in [0.2, 0.25) is 5.02 Å². The van der Waals surface area contributed by atoms with Crippen molar-refractivity contribution >= 4 is 17.5 Å². The van der Waals surface area contributed by atoms with Gasteiger partial charge in [-0.1, -0.05) is 29.8 Å². The van der Waals surface area contributed by atoms with Crippen LogP contribution in [0.1, 0.15) is 18.4 Å². The topological polar surface area (TPSA) is 49.8 Å². The number of nitrogens with zero attached hydrogens (tertiary/aromatic N) is 1. The molecule has 0 spiro atoms. The van der Waals surface area contributed by atoms with Gasteiger partial charge in [0.25, 0.3) is 0 Å². The predicted molar refractivity (Wildman–Crippen MR) is 77.8 cm³/mol. The number of halogens is 1. The fourth-order valence-electron chi connectivity index (χ4n) is 2.38. The van der Waals surface area contributed by atoms with E-state index in [0.717, 1.165) is 5.56 Å². The number of carbonyl (C=O) groups is 1. The number of rotatable bonds is 4. The largest absolute Gasteiger partial charge is 0.388 e. The van der Waals surface area contributed by atoms with Crippen LogP contribution in [0.3, 0.4) is 0 Å². The number of carbonyl (C=O) groups excluding carboxylic acids is 1. The SMILES string of the molecule is CN(CC1(O)CCOCC1)C(=O)Cc1ccccc1Cl. The smallest absolute Gasteiger partial charge is 0.226 e. The number of aliphatic hydroxyl groups is 1. The molecule has 5 heteroatoms. The maximum absolute atomic E-state index is 12.2. The summed E-state index contributed by atoms with van der Waals surface area (Å²) in [5.74, 6) is -0.0435. The van der Waals surface area contributed by atoms with E-state index in [1.165, 1.54) is 0 Å². The van der Waals surface area contributed by atoms with E-state index in [1.807, 2.05) is 18.2 Å². The van der Waals surface area contributed by atoms with Gasteiger partial charge < -0.3 is 14.7 Å². The second-order valence-corrected chi connectivity index (χ2v) is 5.76. The number of hydrogen-bond donors (Lipinski definition) is 1. The highest BCUT2D eigenvalue weighted by Crippen LogP contribution is 2.22. The summed E-state index contributed by atoms with van der Waals surface area (Å²) in [6.45, 7) is 1.42. The zero-order valence-electron chi connectivity index (χ0n) is 11.6. The van der Waals surface area contributed by atoms with E-state index in [2.05, 4.69) is 0 Å². The molecule has 1 aromatic carbocycles. The number of benzene rings is 1. The second kappa shape index (κ2) is 6.57. The van der Waals surface area contributed by atoms with Crippen molar-refractivity contribution < 1.29 is 14.6 Å². The van der Waals surface area contributed by atoms with Gasteiger partial charge in [-0.25, -0.2) is 0 Å². The Morgan fingerprint density at radius 1 is 1.40 bits per heavy atom. The Kier molecular flexibility index (Phi) is 5.02. The normalized spacial score (nSPS) is 17.8. The van der Waals surface area contributed by atoms with E-state index in [1.54, 1.807) is 18.0 Å². The Hall–Kier alpha value is -1.10. The van der Waals surface area contributed by atoms with Crippen molar-refractivity contribution in [1.82, 2.24) is 4.90 Å². The first kappa shape index (κ1) is 15.3. The van der Waals surface area contributed by atoms with Crippen LogP contribution in [0.4, 0.5) is 0 Å². The molecule has 0 saturated carbocycles. The molecule has 1 amide bonds. The molecule has 4 nitrogen and oxygen atoms in total. The molecule has 1 fully saturated rings. The van der Waals surface area contributed by atoms with Crippen LogP contribution in [0.5, 0.6) is 0 Å². The lowest BCUT2D eigenvalue weighted by Gasteiger charge is -2.35. The van der Waals surface area contributed by atoms with Gasteiger partial charge >= 0.3 is 0 Å². The predicted octanol–water partition coefficient (Wildman–Crippen LogP) is 1.88. The van der Waals surface area contributed by atoms with Crippen LogP contribution in [0, 0.1) is 0 Å². The van der Waals surface area contributed by atoms with Crippen LogP contribution < -0.4 is 0 Å². The van der Waals surface area contributed by atoms with Gasteiger partial charge in [-0.2, -0.15) is 0 Å². The number of amides is 1. The molecule has 20 heavy (non-hydrogen) atoms. The quantitative estimate of drug-likeness (QED) is 0.923. The molecule has 1 heterocycles. The molecule has 1 aromatic rings. The Morgan fingerprint density at radius 3 is 2.70 bits per heavy atom. The lowest BCUT2D eigenvalue weighted by Crippen LogP contribution is -2.47. The maximum atomic E-state index is 12.2. The minimum atomic E-state index is -0.830. The van der Waals surface area contributed by atoms with Gasteiger partial charge in [0, 0.05) is 44.7 Å². The molecule has 0 atom stereocenters. The minimum absolute atomic E-state index is 0.0435. The summed E-state index contributed by atoms with van der Waals surface area (Å²) in [6, 6.07) is 7.32. The van der Waals surface area contributed by atoms with Crippen LogP contribution in [-0.2, 0) is 16.0 Å². The first-order valence-electron chi connectivity index (χ1n) is 6.78. The van der Waals surface area contributed by atoms with Crippen LogP contribution in [0.25, 0.3) is 0 Å². The van der Waals surface area contributed by atoms with E-state index in [-0.39, 0.29) is 12.3 Å². The summed E-state index contributed by atoms with van der Waals surface area (Å²) in [5.41, 5.74) is -0.0200. The van der Waals surface area contributed by atoms with E-state index >= 15 is 0 Å². The summed E-state index contributed by atoms with van der Waals surface area (Å²) < 4.78 is 5.24. The molecule has 1 saturated heterocycles. The highest BCUT2D eigenvalue weighted by molar-refractivity contribution is 6.31. The van der Waals surface area contributed by atoms with E-state index in [4.69, 9.17) is 16.3 Å². The average molecular weight is 298 g/mol. The molecule has 0 aromatic heterocycles. The Labute approximate surface area is 124 Å². The Bertz CT molecular complexity index is 472. The Morgan fingerprint density at radius 2 is 2.05 bits per heavy atom. The standard InChI is InChI=1S/C15H20ClNO3/c1-17(11-15(19)6-8-20-9-7-15)14(18)10-12-4-2-3-5-13(12)16/h2-5,19H,6-11H2,1H3. The molecule has 110 valence electrons. The molecule has 0 bridgehead atoms. The van der Waals surface area contributed by atoms with Crippen molar-refractivity contribution in [2.45, 2.75) is 24.9 Å². The van der Waals surface area contributed by atoms with Gasteiger partial charge in [-0.05, 0) is 11.6 Å². The molecule has 0 radical (unpaired) electrons.